The van der Waals surface area contributed by atoms with Gasteiger partial charge in [-0.15, -0.1) is 0 Å². The van der Waals surface area contributed by atoms with Crippen molar-refractivity contribution in [1.82, 2.24) is 0 Å². The summed E-state index contributed by atoms with van der Waals surface area (Å²) in [5.74, 6) is 0.986. The fourth-order valence-corrected chi connectivity index (χ4v) is 3.30. The molecule has 0 heteroatoms. The van der Waals surface area contributed by atoms with Crippen molar-refractivity contribution in [2.45, 2.75) is 120 Å². The topological polar surface area (TPSA) is 0 Å². The van der Waals surface area contributed by atoms with Crippen molar-refractivity contribution in [3.63, 3.8) is 0 Å². The Morgan fingerprint density at radius 1 is 0.889 bits per heavy atom. The molecule has 0 heterocycles. The van der Waals surface area contributed by atoms with E-state index in [0.29, 0.717) is 5.41 Å². The van der Waals surface area contributed by atoms with Crippen LogP contribution in [-0.4, -0.2) is 0 Å². The van der Waals surface area contributed by atoms with E-state index >= 15 is 0 Å². The minimum atomic E-state index is 0.296. The van der Waals surface area contributed by atoms with Crippen LogP contribution >= 0.6 is 0 Å². The van der Waals surface area contributed by atoms with Crippen molar-refractivity contribution >= 4 is 5.57 Å². The van der Waals surface area contributed by atoms with Gasteiger partial charge in [-0.25, -0.2) is 0 Å². The number of rotatable bonds is 8. The Morgan fingerprint density at radius 2 is 1.33 bits per heavy atom. The molecule has 1 unspecified atom stereocenters. The number of benzene rings is 1. The quantitative estimate of drug-likeness (QED) is 0.423. The maximum absolute atomic E-state index is 4.09. The van der Waals surface area contributed by atoms with Crippen LogP contribution in [0.3, 0.4) is 0 Å². The van der Waals surface area contributed by atoms with Crippen LogP contribution in [0.25, 0.3) is 5.57 Å². The molecule has 160 valence electrons. The molecule has 1 aromatic carbocycles. The van der Waals surface area contributed by atoms with E-state index in [9.17, 15) is 0 Å². The average Bonchev–Trinajstić information content (AvgIpc) is 2.73. The maximum Gasteiger partial charge on any atom is -0.00719 e. The SMILES string of the molecule is C=C(C)c1ccccc1C(C)(CC)CCC.CC.CC.CCC(CC)CC. The van der Waals surface area contributed by atoms with E-state index in [0.717, 1.165) is 5.92 Å². The lowest BCUT2D eigenvalue weighted by Crippen LogP contribution is -2.22. The van der Waals surface area contributed by atoms with E-state index in [2.05, 4.69) is 79.3 Å². The lowest BCUT2D eigenvalue weighted by molar-refractivity contribution is 0.413. The predicted octanol–water partition coefficient (Wildman–Crippen LogP) is 10.1. The van der Waals surface area contributed by atoms with Crippen molar-refractivity contribution in [3.8, 4) is 0 Å². The van der Waals surface area contributed by atoms with Crippen LogP contribution in [0.4, 0.5) is 0 Å². The van der Waals surface area contributed by atoms with Gasteiger partial charge in [-0.05, 0) is 42.2 Å². The summed E-state index contributed by atoms with van der Waals surface area (Å²) < 4.78 is 0. The zero-order chi connectivity index (χ0) is 21.9. The monoisotopic (exact) mass is 376 g/mol. The lowest BCUT2D eigenvalue weighted by atomic mass is 9.74. The molecule has 1 aromatic rings. The second-order valence-electron chi connectivity index (χ2n) is 7.08. The first kappa shape index (κ1) is 30.7. The zero-order valence-electron chi connectivity index (χ0n) is 20.8. The van der Waals surface area contributed by atoms with E-state index in [1.807, 2.05) is 27.7 Å². The standard InChI is InChI=1S/C16H24.C7H16.2C2H6/c1-6-12-16(5,7-2)15-11-9-8-10-14(15)13(3)4;1-4-7(5-2)6-3;2*1-2/h8-11H,3,6-7,12H2,1-2,4-5H3;7H,4-6H2,1-3H3;2*1-2H3. The second-order valence-corrected chi connectivity index (χ2v) is 7.08. The van der Waals surface area contributed by atoms with E-state index in [-0.39, 0.29) is 0 Å². The third-order valence-electron chi connectivity index (χ3n) is 5.35. The van der Waals surface area contributed by atoms with Crippen LogP contribution in [-0.2, 0) is 5.41 Å². The molecular formula is C27H52. The number of hydrogen-bond donors (Lipinski definition) is 0. The molecule has 0 nitrogen and oxygen atoms in total. The fourth-order valence-electron chi connectivity index (χ4n) is 3.30. The van der Waals surface area contributed by atoms with Crippen LogP contribution in [0.1, 0.15) is 126 Å². The largest absolute Gasteiger partial charge is 0.0955 e. The highest BCUT2D eigenvalue weighted by Crippen LogP contribution is 2.36. The van der Waals surface area contributed by atoms with E-state index in [1.165, 1.54) is 55.2 Å². The van der Waals surface area contributed by atoms with Crippen molar-refractivity contribution < 1.29 is 0 Å². The zero-order valence-corrected chi connectivity index (χ0v) is 20.8. The molecule has 0 aliphatic carbocycles. The molecule has 27 heavy (non-hydrogen) atoms. The number of allylic oxidation sites excluding steroid dienone is 1. The van der Waals surface area contributed by atoms with Gasteiger partial charge >= 0.3 is 0 Å². The highest BCUT2D eigenvalue weighted by molar-refractivity contribution is 5.65. The first-order valence-electron chi connectivity index (χ1n) is 11.6. The molecule has 0 saturated carbocycles. The minimum absolute atomic E-state index is 0.296. The van der Waals surface area contributed by atoms with Crippen molar-refractivity contribution in [1.29, 1.82) is 0 Å². The Labute approximate surface area is 173 Å². The Morgan fingerprint density at radius 3 is 1.63 bits per heavy atom. The summed E-state index contributed by atoms with van der Waals surface area (Å²) in [6.07, 6.45) is 7.72. The summed E-state index contributed by atoms with van der Waals surface area (Å²) in [6, 6.07) is 8.71. The Balaban J connectivity index is -0.000000440. The molecule has 0 amide bonds. The number of hydrogen-bond acceptors (Lipinski definition) is 0. The van der Waals surface area contributed by atoms with Gasteiger partial charge in [0.05, 0.1) is 0 Å². The van der Waals surface area contributed by atoms with E-state index in [1.54, 1.807) is 0 Å². The summed E-state index contributed by atoms with van der Waals surface area (Å²) in [5, 5.41) is 0. The molecule has 0 radical (unpaired) electrons. The molecule has 1 atom stereocenters. The summed E-state index contributed by atoms with van der Waals surface area (Å²) >= 11 is 0. The van der Waals surface area contributed by atoms with Crippen molar-refractivity contribution in [2.75, 3.05) is 0 Å². The first-order chi connectivity index (χ1) is 12.9. The second kappa shape index (κ2) is 19.7. The van der Waals surface area contributed by atoms with Gasteiger partial charge in [0.15, 0.2) is 0 Å². The van der Waals surface area contributed by atoms with Gasteiger partial charge in [-0.3, -0.25) is 0 Å². The fraction of sp³-hybridized carbons (Fsp3) is 0.704. The van der Waals surface area contributed by atoms with Crippen LogP contribution in [0.5, 0.6) is 0 Å². The Kier molecular flexibility index (Phi) is 22.4. The third kappa shape index (κ3) is 12.1. The van der Waals surface area contributed by atoms with Gasteiger partial charge in [-0.2, -0.15) is 0 Å². The smallest absolute Gasteiger partial charge is 0.00719 e. The minimum Gasteiger partial charge on any atom is -0.0955 e. The van der Waals surface area contributed by atoms with Gasteiger partial charge < -0.3 is 0 Å². The lowest BCUT2D eigenvalue weighted by Gasteiger charge is -2.31. The average molecular weight is 377 g/mol. The maximum atomic E-state index is 4.09. The molecule has 1 rings (SSSR count). The van der Waals surface area contributed by atoms with Crippen molar-refractivity contribution in [3.05, 3.63) is 42.0 Å². The van der Waals surface area contributed by atoms with E-state index in [4.69, 9.17) is 0 Å². The van der Waals surface area contributed by atoms with Crippen LogP contribution in [0.2, 0.25) is 0 Å². The summed E-state index contributed by atoms with van der Waals surface area (Å²) in [7, 11) is 0. The van der Waals surface area contributed by atoms with Gasteiger partial charge in [0, 0.05) is 0 Å². The molecule has 0 saturated heterocycles. The molecule has 0 aliphatic rings. The molecule has 0 fully saturated rings. The van der Waals surface area contributed by atoms with Crippen LogP contribution in [0, 0.1) is 5.92 Å². The Bertz CT molecular complexity index is 434. The molecule has 0 aliphatic heterocycles. The molecule has 0 aromatic heterocycles. The van der Waals surface area contributed by atoms with Crippen LogP contribution in [0.15, 0.2) is 30.8 Å². The molecule has 0 N–H and O–H groups in total. The molecule has 0 bridgehead atoms. The van der Waals surface area contributed by atoms with E-state index < -0.39 is 0 Å². The van der Waals surface area contributed by atoms with Crippen LogP contribution < -0.4 is 0 Å². The summed E-state index contributed by atoms with van der Waals surface area (Å²) in [4.78, 5) is 0. The van der Waals surface area contributed by atoms with Gasteiger partial charge in [0.1, 0.15) is 0 Å². The highest BCUT2D eigenvalue weighted by atomic mass is 14.3. The van der Waals surface area contributed by atoms with Gasteiger partial charge in [-0.1, -0.05) is 131 Å². The third-order valence-corrected chi connectivity index (χ3v) is 5.35. The summed E-state index contributed by atoms with van der Waals surface area (Å²) in [5.41, 5.74) is 4.27. The Hall–Kier alpha value is -1.04. The highest BCUT2D eigenvalue weighted by Gasteiger charge is 2.25. The van der Waals surface area contributed by atoms with Crippen molar-refractivity contribution in [2.24, 2.45) is 5.92 Å². The molecular weight excluding hydrogens is 324 g/mol. The van der Waals surface area contributed by atoms with Gasteiger partial charge in [0.25, 0.3) is 0 Å². The first-order valence-corrected chi connectivity index (χ1v) is 11.6. The summed E-state index contributed by atoms with van der Waals surface area (Å²) in [6.45, 7) is 27.9. The molecule has 0 spiro atoms. The predicted molar refractivity (Wildman–Crippen MR) is 131 cm³/mol. The van der Waals surface area contributed by atoms with Gasteiger partial charge in [0.2, 0.25) is 0 Å². The normalized spacial score (nSPS) is 11.7.